The van der Waals surface area contributed by atoms with Crippen LogP contribution < -0.4 is 25.0 Å². The number of carbonyl (C=O) groups is 2. The second-order valence-corrected chi connectivity index (χ2v) is 5.89. The highest BCUT2D eigenvalue weighted by Crippen LogP contribution is 2.38. The molecule has 31 heavy (non-hydrogen) atoms. The minimum absolute atomic E-state index is 0.0379. The number of methoxy groups -OCH3 is 3. The number of phenols is 1. The van der Waals surface area contributed by atoms with Gasteiger partial charge in [0.15, 0.2) is 11.5 Å². The molecule has 2 aromatic carbocycles. The summed E-state index contributed by atoms with van der Waals surface area (Å²) in [4.78, 5) is 34.4. The number of nitrogens with zero attached hydrogens (tertiary/aromatic N) is 2. The van der Waals surface area contributed by atoms with E-state index in [4.69, 9.17) is 14.2 Å². The Bertz CT molecular complexity index is 997. The molecule has 0 aliphatic heterocycles. The van der Waals surface area contributed by atoms with Crippen LogP contribution >= 0.6 is 0 Å². The molecule has 2 aromatic rings. The van der Waals surface area contributed by atoms with Gasteiger partial charge in [-0.25, -0.2) is 5.43 Å². The van der Waals surface area contributed by atoms with Crippen molar-refractivity contribution in [1.29, 1.82) is 0 Å². The topological polar surface area (TPSA) is 162 Å². The van der Waals surface area contributed by atoms with Crippen LogP contribution in [0.1, 0.15) is 15.9 Å². The summed E-state index contributed by atoms with van der Waals surface area (Å²) in [7, 11) is 4.24. The number of carbonyl (C=O) groups excluding carboxylic acids is 2. The predicted molar refractivity (Wildman–Crippen MR) is 109 cm³/mol. The fourth-order valence-corrected chi connectivity index (χ4v) is 2.45. The van der Waals surface area contributed by atoms with Gasteiger partial charge in [-0.3, -0.25) is 19.7 Å². The first kappa shape index (κ1) is 22.9. The van der Waals surface area contributed by atoms with E-state index in [0.717, 1.165) is 24.4 Å². The molecule has 0 unspecified atom stereocenters. The van der Waals surface area contributed by atoms with Crippen molar-refractivity contribution < 1.29 is 33.8 Å². The van der Waals surface area contributed by atoms with E-state index < -0.39 is 23.3 Å². The molecule has 2 rings (SSSR count). The van der Waals surface area contributed by atoms with Gasteiger partial charge in [-0.1, -0.05) is 0 Å². The van der Waals surface area contributed by atoms with Gasteiger partial charge in [0, 0.05) is 23.3 Å². The molecule has 164 valence electrons. The molecule has 0 fully saturated rings. The van der Waals surface area contributed by atoms with Crippen LogP contribution in [0.4, 0.5) is 5.69 Å². The second kappa shape index (κ2) is 10.4. The third kappa shape index (κ3) is 5.82. The van der Waals surface area contributed by atoms with Crippen molar-refractivity contribution in [3.63, 3.8) is 0 Å². The van der Waals surface area contributed by atoms with Crippen molar-refractivity contribution in [1.82, 2.24) is 10.7 Å². The molecule has 12 heteroatoms. The zero-order valence-corrected chi connectivity index (χ0v) is 16.9. The van der Waals surface area contributed by atoms with Crippen molar-refractivity contribution in [3.05, 3.63) is 51.6 Å². The third-order valence-corrected chi connectivity index (χ3v) is 3.95. The standard InChI is InChI=1S/C19H20N4O8/c1-29-15-7-11(8-16(30-2)18(15)31-3)19(26)20-10-17(25)22-21-9-12-6-13(23(27)28)4-5-14(12)24/h4-9,24H,10H2,1-3H3,(H,20,26)(H,22,25)/b21-9+. The van der Waals surface area contributed by atoms with Crippen LogP contribution in [0, 0.1) is 10.1 Å². The number of hydrogen-bond donors (Lipinski definition) is 3. The van der Waals surface area contributed by atoms with E-state index in [0.29, 0.717) is 5.75 Å². The van der Waals surface area contributed by atoms with E-state index in [1.165, 1.54) is 33.5 Å². The van der Waals surface area contributed by atoms with Crippen LogP contribution in [0.2, 0.25) is 0 Å². The Balaban J connectivity index is 1.99. The molecule has 0 bridgehead atoms. The van der Waals surface area contributed by atoms with E-state index >= 15 is 0 Å². The first-order valence-electron chi connectivity index (χ1n) is 8.68. The summed E-state index contributed by atoms with van der Waals surface area (Å²) in [6.07, 6.45) is 1.04. The molecule has 0 saturated carbocycles. The maximum Gasteiger partial charge on any atom is 0.270 e. The van der Waals surface area contributed by atoms with Gasteiger partial charge in [0.1, 0.15) is 5.75 Å². The summed E-state index contributed by atoms with van der Waals surface area (Å²) in [5, 5.41) is 26.5. The van der Waals surface area contributed by atoms with E-state index in [2.05, 4.69) is 15.8 Å². The second-order valence-electron chi connectivity index (χ2n) is 5.89. The Kier molecular flexibility index (Phi) is 7.72. The number of aromatic hydroxyl groups is 1. The highest BCUT2D eigenvalue weighted by Gasteiger charge is 2.17. The van der Waals surface area contributed by atoms with Gasteiger partial charge in [0.2, 0.25) is 5.75 Å². The molecule has 0 heterocycles. The maximum absolute atomic E-state index is 12.3. The number of nitro benzene ring substituents is 1. The fraction of sp³-hybridized carbons (Fsp3) is 0.211. The lowest BCUT2D eigenvalue weighted by Gasteiger charge is -2.14. The molecule has 2 amide bonds. The third-order valence-electron chi connectivity index (χ3n) is 3.95. The number of amides is 2. The number of hydrazone groups is 1. The number of ether oxygens (including phenoxy) is 3. The van der Waals surface area contributed by atoms with Gasteiger partial charge in [-0.15, -0.1) is 0 Å². The quantitative estimate of drug-likeness (QED) is 0.302. The molecule has 0 saturated heterocycles. The van der Waals surface area contributed by atoms with Crippen molar-refractivity contribution in [3.8, 4) is 23.0 Å². The number of non-ortho nitro benzene ring substituents is 1. The first-order valence-corrected chi connectivity index (χ1v) is 8.68. The van der Waals surface area contributed by atoms with Crippen molar-refractivity contribution in [2.45, 2.75) is 0 Å². The average molecular weight is 432 g/mol. The van der Waals surface area contributed by atoms with Crippen molar-refractivity contribution in [2.24, 2.45) is 5.10 Å². The Morgan fingerprint density at radius 3 is 2.32 bits per heavy atom. The van der Waals surface area contributed by atoms with Crippen molar-refractivity contribution in [2.75, 3.05) is 27.9 Å². The van der Waals surface area contributed by atoms with Crippen LogP contribution in [0.15, 0.2) is 35.4 Å². The summed E-state index contributed by atoms with van der Waals surface area (Å²) >= 11 is 0. The van der Waals surface area contributed by atoms with Crippen LogP contribution in [0.25, 0.3) is 0 Å². The largest absolute Gasteiger partial charge is 0.507 e. The van der Waals surface area contributed by atoms with Gasteiger partial charge in [0.05, 0.1) is 39.0 Å². The van der Waals surface area contributed by atoms with E-state index in [-0.39, 0.29) is 34.1 Å². The summed E-state index contributed by atoms with van der Waals surface area (Å²) in [6, 6.07) is 6.22. The van der Waals surface area contributed by atoms with Crippen molar-refractivity contribution >= 4 is 23.7 Å². The highest BCUT2D eigenvalue weighted by molar-refractivity contribution is 5.97. The fourth-order valence-electron chi connectivity index (χ4n) is 2.45. The molecule has 0 aromatic heterocycles. The summed E-state index contributed by atoms with van der Waals surface area (Å²) in [5.41, 5.74) is 2.11. The van der Waals surface area contributed by atoms with Crippen LogP contribution in [-0.4, -0.2) is 55.9 Å². The zero-order valence-electron chi connectivity index (χ0n) is 16.9. The maximum atomic E-state index is 12.3. The Hall–Kier alpha value is -4.35. The van der Waals surface area contributed by atoms with Gasteiger partial charge < -0.3 is 24.6 Å². The van der Waals surface area contributed by atoms with E-state index in [1.807, 2.05) is 0 Å². The number of benzene rings is 2. The van der Waals surface area contributed by atoms with Gasteiger partial charge in [-0.05, 0) is 18.2 Å². The van der Waals surface area contributed by atoms with Crippen LogP contribution in [0.3, 0.4) is 0 Å². The SMILES string of the molecule is COc1cc(C(=O)NCC(=O)N/N=C/c2cc([N+](=O)[O-])ccc2O)cc(OC)c1OC. The molecule has 0 aliphatic carbocycles. The lowest BCUT2D eigenvalue weighted by molar-refractivity contribution is -0.384. The first-order chi connectivity index (χ1) is 14.8. The lowest BCUT2D eigenvalue weighted by atomic mass is 10.1. The Morgan fingerprint density at radius 1 is 1.13 bits per heavy atom. The smallest absolute Gasteiger partial charge is 0.270 e. The summed E-state index contributed by atoms with van der Waals surface area (Å²) < 4.78 is 15.5. The van der Waals surface area contributed by atoms with E-state index in [9.17, 15) is 24.8 Å². The average Bonchev–Trinajstić information content (AvgIpc) is 2.77. The number of rotatable bonds is 9. The molecule has 3 N–H and O–H groups in total. The molecule has 12 nitrogen and oxygen atoms in total. The lowest BCUT2D eigenvalue weighted by Crippen LogP contribution is -2.34. The minimum Gasteiger partial charge on any atom is -0.507 e. The number of nitro groups is 1. The molecule has 0 spiro atoms. The molecular weight excluding hydrogens is 412 g/mol. The molecule has 0 aliphatic rings. The van der Waals surface area contributed by atoms with Gasteiger partial charge in [-0.2, -0.15) is 5.10 Å². The van der Waals surface area contributed by atoms with Crippen LogP contribution in [0.5, 0.6) is 23.0 Å². The number of hydrogen-bond acceptors (Lipinski definition) is 9. The number of phenolic OH excluding ortho intramolecular Hbond substituents is 1. The predicted octanol–water partition coefficient (Wildman–Crippen LogP) is 1.21. The Morgan fingerprint density at radius 2 is 1.77 bits per heavy atom. The summed E-state index contributed by atoms with van der Waals surface area (Å²) in [5.74, 6) is -0.621. The molecule has 0 radical (unpaired) electrons. The van der Waals surface area contributed by atoms with Crippen LogP contribution in [-0.2, 0) is 4.79 Å². The minimum atomic E-state index is -0.665. The normalized spacial score (nSPS) is 10.4. The monoisotopic (exact) mass is 432 g/mol. The molecular formula is C19H20N4O8. The number of nitrogens with one attached hydrogen (secondary N) is 2. The highest BCUT2D eigenvalue weighted by atomic mass is 16.6. The van der Waals surface area contributed by atoms with Gasteiger partial charge in [0.25, 0.3) is 17.5 Å². The Labute approximate surface area is 176 Å². The van der Waals surface area contributed by atoms with Gasteiger partial charge >= 0.3 is 0 Å². The van der Waals surface area contributed by atoms with E-state index in [1.54, 1.807) is 0 Å². The summed E-state index contributed by atoms with van der Waals surface area (Å²) in [6.45, 7) is -0.409. The zero-order chi connectivity index (χ0) is 23.0. The molecule has 0 atom stereocenters.